The van der Waals surface area contributed by atoms with E-state index < -0.39 is 0 Å². The summed E-state index contributed by atoms with van der Waals surface area (Å²) in [6.45, 7) is 4.02. The topological polar surface area (TPSA) is 97.6 Å². The van der Waals surface area contributed by atoms with Crippen LogP contribution in [0.3, 0.4) is 0 Å². The highest BCUT2D eigenvalue weighted by atomic mass is 35.5. The lowest BCUT2D eigenvalue weighted by Crippen LogP contribution is -2.40. The van der Waals surface area contributed by atoms with Crippen molar-refractivity contribution in [1.29, 1.82) is 0 Å². The smallest absolute Gasteiger partial charge is 0.341 e. The Kier molecular flexibility index (Phi) is 7.69. The van der Waals surface area contributed by atoms with Crippen molar-refractivity contribution in [3.8, 4) is 11.4 Å². The molecule has 3 heterocycles. The maximum atomic E-state index is 13.3. The van der Waals surface area contributed by atoms with Crippen LogP contribution in [-0.4, -0.2) is 46.6 Å². The molecule has 8 nitrogen and oxygen atoms in total. The molecule has 0 spiro atoms. The minimum atomic E-state index is -0.342. The van der Waals surface area contributed by atoms with Gasteiger partial charge in [0.1, 0.15) is 5.00 Å². The predicted molar refractivity (Wildman–Crippen MR) is 138 cm³/mol. The number of anilines is 1. The van der Waals surface area contributed by atoms with Gasteiger partial charge in [0.2, 0.25) is 17.6 Å². The van der Waals surface area contributed by atoms with E-state index in [4.69, 9.17) is 20.9 Å². The van der Waals surface area contributed by atoms with E-state index in [1.807, 2.05) is 12.1 Å². The van der Waals surface area contributed by atoms with E-state index >= 15 is 0 Å². The highest BCUT2D eigenvalue weighted by Crippen LogP contribution is 2.39. The van der Waals surface area contributed by atoms with Crippen molar-refractivity contribution in [2.45, 2.75) is 52.0 Å². The maximum Gasteiger partial charge on any atom is 0.341 e. The normalized spacial score (nSPS) is 18.0. The zero-order chi connectivity index (χ0) is 25.1. The van der Waals surface area contributed by atoms with Gasteiger partial charge in [-0.1, -0.05) is 16.8 Å². The fourth-order valence-electron chi connectivity index (χ4n) is 4.93. The van der Waals surface area contributed by atoms with Gasteiger partial charge in [0.05, 0.1) is 24.6 Å². The molecule has 1 aliphatic carbocycles. The molecule has 10 heteroatoms. The van der Waals surface area contributed by atoms with Crippen molar-refractivity contribution >= 4 is 39.8 Å². The number of ether oxygens (including phenoxy) is 1. The van der Waals surface area contributed by atoms with Gasteiger partial charge in [0.25, 0.3) is 0 Å². The first-order valence-corrected chi connectivity index (χ1v) is 13.6. The van der Waals surface area contributed by atoms with Gasteiger partial charge in [-0.3, -0.25) is 9.69 Å². The predicted octanol–water partition coefficient (Wildman–Crippen LogP) is 5.36. The highest BCUT2D eigenvalue weighted by molar-refractivity contribution is 7.17. The van der Waals surface area contributed by atoms with Gasteiger partial charge in [-0.25, -0.2) is 4.79 Å². The number of esters is 1. The molecule has 5 rings (SSSR count). The second-order valence-corrected chi connectivity index (χ2v) is 10.8. The molecule has 1 unspecified atom stereocenters. The van der Waals surface area contributed by atoms with Crippen LogP contribution in [0.2, 0.25) is 5.02 Å². The van der Waals surface area contributed by atoms with Gasteiger partial charge in [-0.05, 0) is 81.8 Å². The fourth-order valence-corrected chi connectivity index (χ4v) is 6.33. The molecule has 0 radical (unpaired) electrons. The number of piperidine rings is 1. The van der Waals surface area contributed by atoms with Crippen molar-refractivity contribution in [3.63, 3.8) is 0 Å². The molecule has 3 aromatic rings. The number of rotatable bonds is 7. The summed E-state index contributed by atoms with van der Waals surface area (Å²) >= 11 is 7.49. The summed E-state index contributed by atoms with van der Waals surface area (Å²) in [4.78, 5) is 33.9. The zero-order valence-corrected chi connectivity index (χ0v) is 21.8. The Labute approximate surface area is 219 Å². The zero-order valence-electron chi connectivity index (χ0n) is 20.2. The second kappa shape index (κ2) is 11.1. The van der Waals surface area contributed by atoms with Gasteiger partial charge in [0.15, 0.2) is 0 Å². The Morgan fingerprint density at radius 3 is 2.83 bits per heavy atom. The van der Waals surface area contributed by atoms with Crippen molar-refractivity contribution in [3.05, 3.63) is 51.2 Å². The minimum absolute atomic E-state index is 0.0590. The number of hydrogen-bond donors (Lipinski definition) is 1. The van der Waals surface area contributed by atoms with E-state index in [0.717, 1.165) is 56.2 Å². The molecular weight excluding hydrogens is 500 g/mol. The Hall–Kier alpha value is -2.75. The van der Waals surface area contributed by atoms with Gasteiger partial charge < -0.3 is 14.6 Å². The molecule has 2 aromatic heterocycles. The number of fused-ring (bicyclic) bond motifs is 1. The standard InChI is InChI=1S/C26H29ClN4O4S/c1-2-34-26(33)22-19-7-3-4-8-20(19)36-25(22)29-24(32)17-6-5-13-31(14-17)15-21-28-23(30-35-21)16-9-11-18(27)12-10-16/h9-12,17H,2-8,13-15H2,1H3,(H,29,32). The van der Waals surface area contributed by atoms with Gasteiger partial charge in [0, 0.05) is 22.0 Å². The Morgan fingerprint density at radius 2 is 2.03 bits per heavy atom. The van der Waals surface area contributed by atoms with Gasteiger partial charge in [-0.2, -0.15) is 4.98 Å². The van der Waals surface area contributed by atoms with Crippen molar-refractivity contribution in [1.82, 2.24) is 15.0 Å². The number of hydrogen-bond acceptors (Lipinski definition) is 8. The number of nitrogens with zero attached hydrogens (tertiary/aromatic N) is 3. The van der Waals surface area contributed by atoms with E-state index in [9.17, 15) is 9.59 Å². The largest absolute Gasteiger partial charge is 0.462 e. The molecule has 36 heavy (non-hydrogen) atoms. The number of aromatic nitrogens is 2. The third kappa shape index (κ3) is 5.48. The van der Waals surface area contributed by atoms with Gasteiger partial charge in [-0.15, -0.1) is 11.3 Å². The average Bonchev–Trinajstić information content (AvgIpc) is 3.49. The quantitative estimate of drug-likeness (QED) is 0.412. The first-order chi connectivity index (χ1) is 17.5. The molecular formula is C26H29ClN4O4S. The number of amides is 1. The van der Waals surface area contributed by atoms with Crippen LogP contribution < -0.4 is 5.32 Å². The SMILES string of the molecule is CCOC(=O)c1c(NC(=O)C2CCCN(Cc3nc(-c4ccc(Cl)cc4)no3)C2)sc2c1CCCC2. The molecule has 1 fully saturated rings. The number of thiophene rings is 1. The molecule has 1 amide bonds. The Bertz CT molecular complexity index is 1240. The maximum absolute atomic E-state index is 13.3. The molecule has 0 bridgehead atoms. The summed E-state index contributed by atoms with van der Waals surface area (Å²) in [5, 5.41) is 8.45. The van der Waals surface area contributed by atoms with Crippen LogP contribution in [0.15, 0.2) is 28.8 Å². The molecule has 1 saturated heterocycles. The molecule has 2 aliphatic rings. The highest BCUT2D eigenvalue weighted by Gasteiger charge is 2.31. The summed E-state index contributed by atoms with van der Waals surface area (Å²) < 4.78 is 10.8. The van der Waals surface area contributed by atoms with Crippen LogP contribution >= 0.6 is 22.9 Å². The first kappa shape index (κ1) is 24.9. The summed E-state index contributed by atoms with van der Waals surface area (Å²) in [5.41, 5.74) is 2.44. The molecule has 1 N–H and O–H groups in total. The molecule has 1 atom stereocenters. The van der Waals surface area contributed by atoms with E-state index in [2.05, 4.69) is 20.4 Å². The third-order valence-corrected chi connectivity index (χ3v) is 8.15. The monoisotopic (exact) mass is 528 g/mol. The number of carbonyl (C=O) groups is 2. The number of nitrogens with one attached hydrogen (secondary N) is 1. The molecule has 1 aliphatic heterocycles. The number of carbonyl (C=O) groups excluding carboxylic acids is 2. The number of benzene rings is 1. The van der Waals surface area contributed by atoms with Crippen LogP contribution in [0.1, 0.15) is 59.3 Å². The number of aryl methyl sites for hydroxylation is 1. The average molecular weight is 529 g/mol. The van der Waals surface area contributed by atoms with E-state index in [-0.39, 0.29) is 17.8 Å². The third-order valence-electron chi connectivity index (χ3n) is 6.69. The number of likely N-dealkylation sites (tertiary alicyclic amines) is 1. The Balaban J connectivity index is 1.25. The van der Waals surface area contributed by atoms with Crippen LogP contribution in [0.5, 0.6) is 0 Å². The van der Waals surface area contributed by atoms with E-state index in [1.165, 1.54) is 16.2 Å². The number of halogens is 1. The van der Waals surface area contributed by atoms with Crippen LogP contribution in [-0.2, 0) is 28.9 Å². The van der Waals surface area contributed by atoms with E-state index in [1.54, 1.807) is 19.1 Å². The summed E-state index contributed by atoms with van der Waals surface area (Å²) in [6, 6.07) is 7.28. The van der Waals surface area contributed by atoms with Crippen LogP contribution in [0, 0.1) is 5.92 Å². The minimum Gasteiger partial charge on any atom is -0.462 e. The molecule has 1 aromatic carbocycles. The van der Waals surface area contributed by atoms with Crippen molar-refractivity contribution < 1.29 is 18.8 Å². The van der Waals surface area contributed by atoms with Crippen molar-refractivity contribution in [2.75, 3.05) is 25.0 Å². The van der Waals surface area contributed by atoms with Crippen LogP contribution in [0.25, 0.3) is 11.4 Å². The molecule has 190 valence electrons. The second-order valence-electron chi connectivity index (χ2n) is 9.22. The lowest BCUT2D eigenvalue weighted by molar-refractivity contribution is -0.121. The Morgan fingerprint density at radius 1 is 1.22 bits per heavy atom. The first-order valence-electron chi connectivity index (χ1n) is 12.4. The fraction of sp³-hybridized carbons (Fsp3) is 0.462. The summed E-state index contributed by atoms with van der Waals surface area (Å²) in [5.74, 6) is 0.436. The lowest BCUT2D eigenvalue weighted by Gasteiger charge is -2.30. The van der Waals surface area contributed by atoms with Crippen molar-refractivity contribution in [2.24, 2.45) is 5.92 Å². The summed E-state index contributed by atoms with van der Waals surface area (Å²) in [6.07, 6.45) is 5.65. The summed E-state index contributed by atoms with van der Waals surface area (Å²) in [7, 11) is 0. The lowest BCUT2D eigenvalue weighted by atomic mass is 9.95. The van der Waals surface area contributed by atoms with E-state index in [0.29, 0.717) is 47.0 Å². The van der Waals surface area contributed by atoms with Crippen LogP contribution in [0.4, 0.5) is 5.00 Å². The molecule has 0 saturated carbocycles. The van der Waals surface area contributed by atoms with Gasteiger partial charge >= 0.3 is 5.97 Å².